The van der Waals surface area contributed by atoms with E-state index in [-0.39, 0.29) is 12.7 Å². The summed E-state index contributed by atoms with van der Waals surface area (Å²) in [4.78, 5) is 21.7. The summed E-state index contributed by atoms with van der Waals surface area (Å²) in [7, 11) is 0. The fourth-order valence-corrected chi connectivity index (χ4v) is 1.38. The monoisotopic (exact) mass is 221 g/mol. The first-order valence-electron chi connectivity index (χ1n) is 4.93. The van der Waals surface area contributed by atoms with Crippen LogP contribution in [-0.4, -0.2) is 25.5 Å². The number of fused-ring (bicyclic) bond motifs is 1. The highest BCUT2D eigenvalue weighted by molar-refractivity contribution is 5.95. The molecule has 84 valence electrons. The number of ether oxygens (including phenoxy) is 2. The lowest BCUT2D eigenvalue weighted by atomic mass is 10.2. The highest BCUT2D eigenvalue weighted by Gasteiger charge is 2.15. The van der Waals surface area contributed by atoms with Crippen molar-refractivity contribution in [3.63, 3.8) is 0 Å². The van der Waals surface area contributed by atoms with Crippen LogP contribution in [-0.2, 0) is 4.79 Å². The van der Waals surface area contributed by atoms with E-state index in [0.717, 1.165) is 6.29 Å². The van der Waals surface area contributed by atoms with Gasteiger partial charge in [0.25, 0.3) is 5.91 Å². The van der Waals surface area contributed by atoms with Gasteiger partial charge in [-0.1, -0.05) is 0 Å². The van der Waals surface area contributed by atoms with E-state index in [2.05, 4.69) is 5.32 Å². The maximum atomic E-state index is 11.6. The van der Waals surface area contributed by atoms with Crippen molar-refractivity contribution in [1.82, 2.24) is 5.32 Å². The van der Waals surface area contributed by atoms with Crippen molar-refractivity contribution in [2.75, 3.05) is 13.3 Å². The van der Waals surface area contributed by atoms with E-state index in [1.165, 1.54) is 0 Å². The Labute approximate surface area is 92.4 Å². The molecule has 0 atom stereocenters. The van der Waals surface area contributed by atoms with Crippen molar-refractivity contribution in [3.8, 4) is 11.5 Å². The third-order valence-electron chi connectivity index (χ3n) is 2.18. The quantitative estimate of drug-likeness (QED) is 0.601. The highest BCUT2D eigenvalue weighted by Crippen LogP contribution is 2.32. The zero-order valence-electron chi connectivity index (χ0n) is 8.56. The molecule has 0 radical (unpaired) electrons. The standard InChI is InChI=1S/C11H11NO4/c13-5-1-4-12-11(14)8-2-3-9-10(6-8)16-7-15-9/h2-3,5-6H,1,4,7H2,(H,12,14). The van der Waals surface area contributed by atoms with Gasteiger partial charge in [-0.25, -0.2) is 0 Å². The first kappa shape index (κ1) is 10.5. The zero-order chi connectivity index (χ0) is 11.4. The minimum Gasteiger partial charge on any atom is -0.454 e. The van der Waals surface area contributed by atoms with Crippen molar-refractivity contribution in [3.05, 3.63) is 23.8 Å². The molecular weight excluding hydrogens is 210 g/mol. The predicted octanol–water partition coefficient (Wildman–Crippen LogP) is 0.734. The molecule has 0 saturated heterocycles. The normalized spacial score (nSPS) is 12.2. The molecule has 5 nitrogen and oxygen atoms in total. The molecule has 1 aromatic rings. The van der Waals surface area contributed by atoms with Gasteiger partial charge in [0.15, 0.2) is 11.5 Å². The van der Waals surface area contributed by atoms with E-state index in [1.807, 2.05) is 0 Å². The second-order valence-electron chi connectivity index (χ2n) is 3.28. The third kappa shape index (κ3) is 2.13. The lowest BCUT2D eigenvalue weighted by Crippen LogP contribution is -2.24. The van der Waals surface area contributed by atoms with E-state index in [0.29, 0.717) is 30.0 Å². The van der Waals surface area contributed by atoms with Crippen molar-refractivity contribution in [1.29, 1.82) is 0 Å². The van der Waals surface area contributed by atoms with Gasteiger partial charge in [-0.15, -0.1) is 0 Å². The maximum absolute atomic E-state index is 11.6. The molecule has 1 heterocycles. The molecule has 1 amide bonds. The smallest absolute Gasteiger partial charge is 0.251 e. The molecule has 0 aromatic heterocycles. The number of benzene rings is 1. The van der Waals surface area contributed by atoms with Gasteiger partial charge in [-0.3, -0.25) is 4.79 Å². The molecule has 0 bridgehead atoms. The van der Waals surface area contributed by atoms with E-state index in [9.17, 15) is 9.59 Å². The maximum Gasteiger partial charge on any atom is 0.251 e. The van der Waals surface area contributed by atoms with Crippen LogP contribution in [0.5, 0.6) is 11.5 Å². The Balaban J connectivity index is 2.03. The van der Waals surface area contributed by atoms with E-state index in [4.69, 9.17) is 9.47 Å². The summed E-state index contributed by atoms with van der Waals surface area (Å²) in [6, 6.07) is 4.97. The summed E-state index contributed by atoms with van der Waals surface area (Å²) < 4.78 is 10.3. The van der Waals surface area contributed by atoms with Crippen LogP contribution in [0.4, 0.5) is 0 Å². The summed E-state index contributed by atoms with van der Waals surface area (Å²) in [6.45, 7) is 0.530. The van der Waals surface area contributed by atoms with Crippen LogP contribution in [0.1, 0.15) is 16.8 Å². The number of carbonyl (C=O) groups is 2. The van der Waals surface area contributed by atoms with Crippen LogP contribution in [0.2, 0.25) is 0 Å². The highest BCUT2D eigenvalue weighted by atomic mass is 16.7. The first-order valence-corrected chi connectivity index (χ1v) is 4.93. The summed E-state index contributed by atoms with van der Waals surface area (Å²) in [5.41, 5.74) is 0.496. The number of rotatable bonds is 4. The van der Waals surface area contributed by atoms with Gasteiger partial charge in [-0.05, 0) is 18.2 Å². The molecule has 0 spiro atoms. The molecule has 1 aliphatic rings. The number of carbonyl (C=O) groups excluding carboxylic acids is 2. The fourth-order valence-electron chi connectivity index (χ4n) is 1.38. The average molecular weight is 221 g/mol. The SMILES string of the molecule is O=CCCNC(=O)c1ccc2c(c1)OCO2. The number of amides is 1. The number of hydrogen-bond donors (Lipinski definition) is 1. The molecule has 1 aliphatic heterocycles. The summed E-state index contributed by atoms with van der Waals surface area (Å²) >= 11 is 0. The van der Waals surface area contributed by atoms with Gasteiger partial charge in [0.05, 0.1) is 0 Å². The Bertz CT molecular complexity index is 416. The second kappa shape index (κ2) is 4.65. The first-order chi connectivity index (χ1) is 7.81. The molecular formula is C11H11NO4. The number of nitrogens with one attached hydrogen (secondary N) is 1. The van der Waals surface area contributed by atoms with Gasteiger partial charge < -0.3 is 19.6 Å². The molecule has 2 rings (SSSR count). The van der Waals surface area contributed by atoms with Crippen LogP contribution in [0.3, 0.4) is 0 Å². The lowest BCUT2D eigenvalue weighted by molar-refractivity contribution is -0.107. The van der Waals surface area contributed by atoms with E-state index < -0.39 is 0 Å². The third-order valence-corrected chi connectivity index (χ3v) is 2.18. The second-order valence-corrected chi connectivity index (χ2v) is 3.28. The van der Waals surface area contributed by atoms with Crippen molar-refractivity contribution < 1.29 is 19.1 Å². The summed E-state index contributed by atoms with van der Waals surface area (Å²) in [5, 5.41) is 2.62. The Morgan fingerprint density at radius 1 is 1.38 bits per heavy atom. The predicted molar refractivity (Wildman–Crippen MR) is 55.6 cm³/mol. The van der Waals surface area contributed by atoms with Gasteiger partial charge in [0.2, 0.25) is 6.79 Å². The van der Waals surface area contributed by atoms with Crippen LogP contribution in [0, 0.1) is 0 Å². The summed E-state index contributed by atoms with van der Waals surface area (Å²) in [6.07, 6.45) is 1.08. The number of aldehydes is 1. The topological polar surface area (TPSA) is 64.6 Å². The summed E-state index contributed by atoms with van der Waals surface area (Å²) in [5.74, 6) is 0.993. The van der Waals surface area contributed by atoms with Gasteiger partial charge >= 0.3 is 0 Å². The zero-order valence-corrected chi connectivity index (χ0v) is 8.56. The van der Waals surface area contributed by atoms with Crippen LogP contribution >= 0.6 is 0 Å². The molecule has 1 aromatic carbocycles. The fraction of sp³-hybridized carbons (Fsp3) is 0.273. The molecule has 1 N–H and O–H groups in total. The van der Waals surface area contributed by atoms with Crippen LogP contribution in [0.25, 0.3) is 0 Å². The lowest BCUT2D eigenvalue weighted by Gasteiger charge is -2.03. The van der Waals surface area contributed by atoms with E-state index in [1.54, 1.807) is 18.2 Å². The Morgan fingerprint density at radius 2 is 2.19 bits per heavy atom. The Morgan fingerprint density at radius 3 is 3.00 bits per heavy atom. The minimum absolute atomic E-state index is 0.186. The number of hydrogen-bond acceptors (Lipinski definition) is 4. The molecule has 0 unspecified atom stereocenters. The van der Waals surface area contributed by atoms with Gasteiger partial charge in [0.1, 0.15) is 6.29 Å². The largest absolute Gasteiger partial charge is 0.454 e. The minimum atomic E-state index is -0.222. The molecule has 16 heavy (non-hydrogen) atoms. The van der Waals surface area contributed by atoms with Gasteiger partial charge in [-0.2, -0.15) is 0 Å². The van der Waals surface area contributed by atoms with Crippen molar-refractivity contribution in [2.45, 2.75) is 6.42 Å². The van der Waals surface area contributed by atoms with Crippen molar-refractivity contribution in [2.24, 2.45) is 0 Å². The van der Waals surface area contributed by atoms with Crippen LogP contribution < -0.4 is 14.8 Å². The molecule has 5 heteroatoms. The average Bonchev–Trinajstić information content (AvgIpc) is 2.76. The Hall–Kier alpha value is -2.04. The molecule has 0 saturated carbocycles. The van der Waals surface area contributed by atoms with Crippen molar-refractivity contribution >= 4 is 12.2 Å². The van der Waals surface area contributed by atoms with Crippen LogP contribution in [0.15, 0.2) is 18.2 Å². The molecule has 0 aliphatic carbocycles. The molecule has 0 fully saturated rings. The van der Waals surface area contributed by atoms with E-state index >= 15 is 0 Å². The Kier molecular flexibility index (Phi) is 3.05. The van der Waals surface area contributed by atoms with Gasteiger partial charge in [0, 0.05) is 18.5 Å².